The van der Waals surface area contributed by atoms with E-state index in [-0.39, 0.29) is 12.3 Å². The average molecular weight is 323 g/mol. The molecule has 0 aliphatic heterocycles. The van der Waals surface area contributed by atoms with Crippen LogP contribution in [0.2, 0.25) is 0 Å². The Morgan fingerprint density at radius 1 is 1.00 bits per heavy atom. The fraction of sp³-hybridized carbons (Fsp3) is 0.300. The van der Waals surface area contributed by atoms with E-state index < -0.39 is 12.0 Å². The first-order valence-corrected chi connectivity index (χ1v) is 8.31. The molecule has 24 heavy (non-hydrogen) atoms. The third kappa shape index (κ3) is 3.82. The van der Waals surface area contributed by atoms with Crippen molar-refractivity contribution in [3.63, 3.8) is 0 Å². The number of hydrogen-bond donors (Lipinski definition) is 2. The van der Waals surface area contributed by atoms with Gasteiger partial charge in [0, 0.05) is 0 Å². The highest BCUT2D eigenvalue weighted by atomic mass is 16.4. The molecule has 0 radical (unpaired) electrons. The maximum absolute atomic E-state index is 12.3. The summed E-state index contributed by atoms with van der Waals surface area (Å²) >= 11 is 0. The first kappa shape index (κ1) is 16.2. The van der Waals surface area contributed by atoms with Gasteiger partial charge in [-0.15, -0.1) is 0 Å². The standard InChI is InChI=1S/C20H21NO3/c22-18(21-19(20(23)24)16-7-2-1-3-8-16)13-14-10-11-15-6-4-5-9-17(15)12-14/h1-3,7-8,10-12,19H,4-6,9,13H2,(H,21,22)(H,23,24)/t19-/m1/s1. The fourth-order valence-corrected chi connectivity index (χ4v) is 3.23. The van der Waals surface area contributed by atoms with Gasteiger partial charge in [0.25, 0.3) is 0 Å². The summed E-state index contributed by atoms with van der Waals surface area (Å²) in [6.45, 7) is 0. The van der Waals surface area contributed by atoms with E-state index in [2.05, 4.69) is 17.4 Å². The second-order valence-electron chi connectivity index (χ2n) is 6.24. The molecule has 0 saturated heterocycles. The third-order valence-corrected chi connectivity index (χ3v) is 4.46. The lowest BCUT2D eigenvalue weighted by Crippen LogP contribution is -2.34. The number of carbonyl (C=O) groups excluding carboxylic acids is 1. The van der Waals surface area contributed by atoms with Crippen LogP contribution in [0, 0.1) is 0 Å². The summed E-state index contributed by atoms with van der Waals surface area (Å²) in [6.07, 6.45) is 4.79. The predicted octanol–water partition coefficient (Wildman–Crippen LogP) is 3.05. The van der Waals surface area contributed by atoms with Crippen LogP contribution in [0.5, 0.6) is 0 Å². The molecule has 2 aromatic rings. The topological polar surface area (TPSA) is 66.4 Å². The SMILES string of the molecule is O=C(Cc1ccc2c(c1)CCCC2)N[C@@H](C(=O)O)c1ccccc1. The normalized spacial score (nSPS) is 14.5. The van der Waals surface area contributed by atoms with E-state index in [1.807, 2.05) is 12.1 Å². The van der Waals surface area contributed by atoms with Gasteiger partial charge in [-0.2, -0.15) is 0 Å². The molecule has 0 aromatic heterocycles. The van der Waals surface area contributed by atoms with Crippen molar-refractivity contribution in [2.24, 2.45) is 0 Å². The van der Waals surface area contributed by atoms with Gasteiger partial charge < -0.3 is 10.4 Å². The van der Waals surface area contributed by atoms with Gasteiger partial charge in [0.15, 0.2) is 6.04 Å². The number of benzene rings is 2. The minimum absolute atomic E-state index is 0.198. The molecule has 0 bridgehead atoms. The second-order valence-corrected chi connectivity index (χ2v) is 6.24. The van der Waals surface area contributed by atoms with Gasteiger partial charge in [-0.1, -0.05) is 48.5 Å². The summed E-state index contributed by atoms with van der Waals surface area (Å²) < 4.78 is 0. The van der Waals surface area contributed by atoms with Crippen LogP contribution in [0.25, 0.3) is 0 Å². The lowest BCUT2D eigenvalue weighted by atomic mass is 9.90. The quantitative estimate of drug-likeness (QED) is 0.889. The third-order valence-electron chi connectivity index (χ3n) is 4.46. The number of carboxylic acids is 1. The molecule has 1 amide bonds. The lowest BCUT2D eigenvalue weighted by Gasteiger charge is -2.17. The molecule has 0 fully saturated rings. The highest BCUT2D eigenvalue weighted by molar-refractivity contribution is 5.85. The predicted molar refractivity (Wildman–Crippen MR) is 91.7 cm³/mol. The minimum atomic E-state index is -1.06. The van der Waals surface area contributed by atoms with Gasteiger partial charge in [0.05, 0.1) is 6.42 Å². The second kappa shape index (κ2) is 7.30. The molecule has 0 saturated carbocycles. The molecular weight excluding hydrogens is 302 g/mol. The number of aliphatic carboxylic acids is 1. The first-order valence-electron chi connectivity index (χ1n) is 8.31. The molecule has 0 heterocycles. The van der Waals surface area contributed by atoms with Gasteiger partial charge in [-0.3, -0.25) is 4.79 Å². The number of nitrogens with one attached hydrogen (secondary N) is 1. The zero-order valence-electron chi connectivity index (χ0n) is 13.5. The summed E-state index contributed by atoms with van der Waals surface area (Å²) in [4.78, 5) is 23.8. The number of carbonyl (C=O) groups is 2. The Hall–Kier alpha value is -2.62. The van der Waals surface area contributed by atoms with E-state index in [0.29, 0.717) is 5.56 Å². The van der Waals surface area contributed by atoms with Crippen molar-refractivity contribution in [3.05, 3.63) is 70.8 Å². The van der Waals surface area contributed by atoms with Crippen LogP contribution < -0.4 is 5.32 Å². The Balaban J connectivity index is 1.69. The van der Waals surface area contributed by atoms with Gasteiger partial charge >= 0.3 is 5.97 Å². The van der Waals surface area contributed by atoms with Crippen LogP contribution in [0.4, 0.5) is 0 Å². The zero-order valence-corrected chi connectivity index (χ0v) is 13.5. The van der Waals surface area contributed by atoms with Crippen molar-refractivity contribution in [1.82, 2.24) is 5.32 Å². The van der Waals surface area contributed by atoms with Crippen LogP contribution >= 0.6 is 0 Å². The van der Waals surface area contributed by atoms with E-state index in [4.69, 9.17) is 0 Å². The molecule has 1 atom stereocenters. The Kier molecular flexibility index (Phi) is 4.94. The highest BCUT2D eigenvalue weighted by Gasteiger charge is 2.22. The molecule has 2 aromatic carbocycles. The Labute approximate surface area is 141 Å². The average Bonchev–Trinajstić information content (AvgIpc) is 2.60. The van der Waals surface area contributed by atoms with Gasteiger partial charge in [-0.05, 0) is 47.9 Å². The molecule has 1 aliphatic rings. The van der Waals surface area contributed by atoms with Crippen molar-refractivity contribution < 1.29 is 14.7 Å². The summed E-state index contributed by atoms with van der Waals surface area (Å²) in [5.74, 6) is -1.33. The zero-order chi connectivity index (χ0) is 16.9. The molecule has 4 nitrogen and oxygen atoms in total. The van der Waals surface area contributed by atoms with Crippen LogP contribution in [0.3, 0.4) is 0 Å². The summed E-state index contributed by atoms with van der Waals surface area (Å²) in [5, 5.41) is 12.0. The monoisotopic (exact) mass is 323 g/mol. The van der Waals surface area contributed by atoms with E-state index in [1.165, 1.54) is 24.0 Å². The van der Waals surface area contributed by atoms with Crippen LogP contribution in [0.1, 0.15) is 41.1 Å². The number of carboxylic acid groups (broad SMARTS) is 1. The van der Waals surface area contributed by atoms with Crippen LogP contribution in [-0.4, -0.2) is 17.0 Å². The summed E-state index contributed by atoms with van der Waals surface area (Å²) in [7, 11) is 0. The maximum Gasteiger partial charge on any atom is 0.330 e. The van der Waals surface area contributed by atoms with Gasteiger partial charge in [0.1, 0.15) is 0 Å². The number of hydrogen-bond acceptors (Lipinski definition) is 2. The van der Waals surface area contributed by atoms with Gasteiger partial charge in [0.2, 0.25) is 5.91 Å². The van der Waals surface area contributed by atoms with E-state index in [0.717, 1.165) is 18.4 Å². The van der Waals surface area contributed by atoms with Crippen molar-refractivity contribution in [3.8, 4) is 0 Å². The summed E-state index contributed by atoms with van der Waals surface area (Å²) in [5.41, 5.74) is 4.21. The molecule has 0 spiro atoms. The van der Waals surface area contributed by atoms with Crippen molar-refractivity contribution in [2.75, 3.05) is 0 Å². The van der Waals surface area contributed by atoms with Gasteiger partial charge in [-0.25, -0.2) is 4.79 Å². The number of fused-ring (bicyclic) bond motifs is 1. The smallest absolute Gasteiger partial charge is 0.330 e. The Morgan fingerprint density at radius 2 is 1.71 bits per heavy atom. The molecule has 2 N–H and O–H groups in total. The van der Waals surface area contributed by atoms with Crippen molar-refractivity contribution >= 4 is 11.9 Å². The van der Waals surface area contributed by atoms with E-state index in [9.17, 15) is 14.7 Å². The Bertz CT molecular complexity index is 740. The molecule has 0 unspecified atom stereocenters. The van der Waals surface area contributed by atoms with Crippen LogP contribution in [0.15, 0.2) is 48.5 Å². The number of rotatable bonds is 5. The molecular formula is C20H21NO3. The van der Waals surface area contributed by atoms with Crippen LogP contribution in [-0.2, 0) is 28.9 Å². The number of amides is 1. The largest absolute Gasteiger partial charge is 0.479 e. The molecule has 3 rings (SSSR count). The van der Waals surface area contributed by atoms with Crippen molar-refractivity contribution in [1.29, 1.82) is 0 Å². The summed E-state index contributed by atoms with van der Waals surface area (Å²) in [6, 6.07) is 13.9. The van der Waals surface area contributed by atoms with E-state index in [1.54, 1.807) is 24.3 Å². The number of aryl methyl sites for hydroxylation is 2. The molecule has 124 valence electrons. The minimum Gasteiger partial charge on any atom is -0.479 e. The van der Waals surface area contributed by atoms with Crippen molar-refractivity contribution in [2.45, 2.75) is 38.1 Å². The van der Waals surface area contributed by atoms with E-state index >= 15 is 0 Å². The maximum atomic E-state index is 12.3. The fourth-order valence-electron chi connectivity index (χ4n) is 3.23. The molecule has 4 heteroatoms. The Morgan fingerprint density at radius 3 is 2.42 bits per heavy atom. The molecule has 1 aliphatic carbocycles. The lowest BCUT2D eigenvalue weighted by molar-refractivity contribution is -0.141. The first-order chi connectivity index (χ1) is 11.6. The highest BCUT2D eigenvalue weighted by Crippen LogP contribution is 2.22.